The molecule has 0 radical (unpaired) electrons. The lowest BCUT2D eigenvalue weighted by molar-refractivity contribution is 1.04. The van der Waals surface area contributed by atoms with Gasteiger partial charge >= 0.3 is 0 Å². The molecular weight excluding hydrogens is 216 g/mol. The van der Waals surface area contributed by atoms with Gasteiger partial charge < -0.3 is 11.1 Å². The van der Waals surface area contributed by atoms with E-state index in [1.54, 1.807) is 11.3 Å². The second kappa shape index (κ2) is 5.03. The molecule has 0 unspecified atom stereocenters. The van der Waals surface area contributed by atoms with E-state index in [1.165, 1.54) is 10.4 Å². The van der Waals surface area contributed by atoms with Crippen molar-refractivity contribution < 1.29 is 0 Å². The van der Waals surface area contributed by atoms with Gasteiger partial charge in [-0.2, -0.15) is 0 Å². The molecule has 0 aliphatic carbocycles. The Morgan fingerprint density at radius 1 is 1.31 bits per heavy atom. The van der Waals surface area contributed by atoms with E-state index in [2.05, 4.69) is 35.8 Å². The van der Waals surface area contributed by atoms with E-state index < -0.39 is 0 Å². The van der Waals surface area contributed by atoms with Gasteiger partial charge in [0.1, 0.15) is 0 Å². The summed E-state index contributed by atoms with van der Waals surface area (Å²) < 4.78 is 0. The molecule has 1 aromatic heterocycles. The molecule has 0 atom stereocenters. The van der Waals surface area contributed by atoms with Crippen molar-refractivity contribution in [1.29, 1.82) is 0 Å². The van der Waals surface area contributed by atoms with Crippen molar-refractivity contribution in [1.82, 2.24) is 0 Å². The molecule has 2 nitrogen and oxygen atoms in total. The molecule has 0 amide bonds. The van der Waals surface area contributed by atoms with Gasteiger partial charge in [-0.1, -0.05) is 12.1 Å². The predicted octanol–water partition coefficient (Wildman–Crippen LogP) is 3.29. The summed E-state index contributed by atoms with van der Waals surface area (Å²) in [5.41, 5.74) is 8.97. The number of rotatable bonds is 4. The minimum atomic E-state index is 0.816. The van der Waals surface area contributed by atoms with Crippen molar-refractivity contribution in [2.75, 3.05) is 17.6 Å². The summed E-state index contributed by atoms with van der Waals surface area (Å²) in [5, 5.41) is 5.48. The maximum Gasteiger partial charge on any atom is 0.0576 e. The van der Waals surface area contributed by atoms with Crippen LogP contribution in [0.25, 0.3) is 0 Å². The second-order valence-corrected chi connectivity index (χ2v) is 4.88. The van der Waals surface area contributed by atoms with Gasteiger partial charge in [0.15, 0.2) is 0 Å². The first-order valence-corrected chi connectivity index (χ1v) is 6.26. The Kier molecular flexibility index (Phi) is 3.47. The maximum absolute atomic E-state index is 5.89. The summed E-state index contributed by atoms with van der Waals surface area (Å²) in [4.78, 5) is 1.40. The lowest BCUT2D eigenvalue weighted by atomic mass is 10.2. The van der Waals surface area contributed by atoms with E-state index in [0.717, 1.165) is 24.3 Å². The van der Waals surface area contributed by atoms with Gasteiger partial charge in [0.05, 0.1) is 11.4 Å². The minimum Gasteiger partial charge on any atom is -0.397 e. The topological polar surface area (TPSA) is 38.0 Å². The number of nitrogen functional groups attached to an aromatic ring is 1. The van der Waals surface area contributed by atoms with Crippen LogP contribution >= 0.6 is 11.3 Å². The molecule has 0 saturated carbocycles. The zero-order valence-corrected chi connectivity index (χ0v) is 10.2. The van der Waals surface area contributed by atoms with Crippen LogP contribution in [-0.2, 0) is 6.42 Å². The van der Waals surface area contributed by atoms with E-state index in [1.807, 2.05) is 12.1 Å². The fourth-order valence-corrected chi connectivity index (χ4v) is 2.31. The maximum atomic E-state index is 5.89. The number of hydrogen-bond donors (Lipinski definition) is 2. The van der Waals surface area contributed by atoms with E-state index >= 15 is 0 Å². The zero-order valence-electron chi connectivity index (χ0n) is 9.36. The molecule has 1 aromatic carbocycles. The minimum absolute atomic E-state index is 0.816. The monoisotopic (exact) mass is 232 g/mol. The molecule has 1 heterocycles. The number of thiophene rings is 1. The summed E-state index contributed by atoms with van der Waals surface area (Å²) in [6, 6.07) is 10.3. The number of benzene rings is 1. The van der Waals surface area contributed by atoms with Crippen LogP contribution < -0.4 is 11.1 Å². The first kappa shape index (κ1) is 11.0. The molecule has 0 saturated heterocycles. The van der Waals surface area contributed by atoms with Gasteiger partial charge in [-0.05, 0) is 42.5 Å². The zero-order chi connectivity index (χ0) is 11.4. The molecule has 0 bridgehead atoms. The van der Waals surface area contributed by atoms with E-state index in [4.69, 9.17) is 5.73 Å². The van der Waals surface area contributed by atoms with Crippen LogP contribution in [0.4, 0.5) is 11.4 Å². The highest BCUT2D eigenvalue weighted by atomic mass is 32.1. The smallest absolute Gasteiger partial charge is 0.0576 e. The highest BCUT2D eigenvalue weighted by molar-refractivity contribution is 7.09. The molecule has 0 aliphatic rings. The van der Waals surface area contributed by atoms with Crippen molar-refractivity contribution in [3.05, 3.63) is 46.2 Å². The Labute approximate surface area is 100 Å². The molecule has 0 fully saturated rings. The first-order valence-electron chi connectivity index (χ1n) is 5.38. The predicted molar refractivity (Wildman–Crippen MR) is 72.1 cm³/mol. The Hall–Kier alpha value is -1.48. The van der Waals surface area contributed by atoms with Crippen LogP contribution in [0.15, 0.2) is 35.7 Å². The molecule has 84 valence electrons. The van der Waals surface area contributed by atoms with Gasteiger partial charge in [0.25, 0.3) is 0 Å². The van der Waals surface area contributed by atoms with Gasteiger partial charge in [0, 0.05) is 11.4 Å². The third kappa shape index (κ3) is 2.76. The number of aryl methyl sites for hydroxylation is 1. The first-order chi connectivity index (χ1) is 7.75. The normalized spacial score (nSPS) is 10.3. The quantitative estimate of drug-likeness (QED) is 0.794. The molecule has 2 rings (SSSR count). The fraction of sp³-hybridized carbons (Fsp3) is 0.231. The average Bonchev–Trinajstić information content (AvgIpc) is 2.76. The Morgan fingerprint density at radius 3 is 2.94 bits per heavy atom. The standard InChI is InChI=1S/C13H16N2S/c1-10-4-5-12(14)13(9-10)15-7-6-11-3-2-8-16-11/h2-5,8-9,15H,6-7,14H2,1H3. The van der Waals surface area contributed by atoms with E-state index in [9.17, 15) is 0 Å². The third-order valence-electron chi connectivity index (χ3n) is 2.48. The highest BCUT2D eigenvalue weighted by Crippen LogP contribution is 2.19. The van der Waals surface area contributed by atoms with Gasteiger partial charge in [0.2, 0.25) is 0 Å². The third-order valence-corrected chi connectivity index (χ3v) is 3.41. The summed E-state index contributed by atoms with van der Waals surface area (Å²) in [6.45, 7) is 3.00. The molecular formula is C13H16N2S. The van der Waals surface area contributed by atoms with Crippen LogP contribution in [0, 0.1) is 6.92 Å². The van der Waals surface area contributed by atoms with Crippen molar-refractivity contribution in [2.45, 2.75) is 13.3 Å². The van der Waals surface area contributed by atoms with Crippen LogP contribution in [0.5, 0.6) is 0 Å². The van der Waals surface area contributed by atoms with Gasteiger partial charge in [-0.25, -0.2) is 0 Å². The molecule has 0 aliphatic heterocycles. The molecule has 16 heavy (non-hydrogen) atoms. The Balaban J connectivity index is 1.92. The van der Waals surface area contributed by atoms with Crippen LogP contribution in [0.2, 0.25) is 0 Å². The van der Waals surface area contributed by atoms with Crippen molar-refractivity contribution in [2.24, 2.45) is 0 Å². The van der Waals surface area contributed by atoms with Crippen LogP contribution in [-0.4, -0.2) is 6.54 Å². The summed E-state index contributed by atoms with van der Waals surface area (Å²) in [6.07, 6.45) is 1.05. The largest absolute Gasteiger partial charge is 0.397 e. The SMILES string of the molecule is Cc1ccc(N)c(NCCc2cccs2)c1. The van der Waals surface area contributed by atoms with Crippen LogP contribution in [0.3, 0.4) is 0 Å². The number of hydrogen-bond acceptors (Lipinski definition) is 3. The van der Waals surface area contributed by atoms with Gasteiger partial charge in [-0.15, -0.1) is 11.3 Å². The lowest BCUT2D eigenvalue weighted by Gasteiger charge is -2.09. The van der Waals surface area contributed by atoms with Crippen LogP contribution in [0.1, 0.15) is 10.4 Å². The Morgan fingerprint density at radius 2 is 2.19 bits per heavy atom. The molecule has 2 aromatic rings. The van der Waals surface area contributed by atoms with Crippen molar-refractivity contribution in [3.63, 3.8) is 0 Å². The van der Waals surface area contributed by atoms with Crippen molar-refractivity contribution >= 4 is 22.7 Å². The number of nitrogens with two attached hydrogens (primary N) is 1. The summed E-state index contributed by atoms with van der Waals surface area (Å²) >= 11 is 1.79. The summed E-state index contributed by atoms with van der Waals surface area (Å²) in [5.74, 6) is 0. The van der Waals surface area contributed by atoms with Gasteiger partial charge in [-0.3, -0.25) is 0 Å². The highest BCUT2D eigenvalue weighted by Gasteiger charge is 1.99. The fourth-order valence-electron chi connectivity index (χ4n) is 1.60. The van der Waals surface area contributed by atoms with Crippen molar-refractivity contribution in [3.8, 4) is 0 Å². The van der Waals surface area contributed by atoms with E-state index in [-0.39, 0.29) is 0 Å². The Bertz CT molecular complexity index is 449. The molecule has 3 heteroatoms. The number of anilines is 2. The number of nitrogens with one attached hydrogen (secondary N) is 1. The summed E-state index contributed by atoms with van der Waals surface area (Å²) in [7, 11) is 0. The molecule has 3 N–H and O–H groups in total. The molecule has 0 spiro atoms. The average molecular weight is 232 g/mol. The lowest BCUT2D eigenvalue weighted by Crippen LogP contribution is -2.06. The van der Waals surface area contributed by atoms with E-state index in [0.29, 0.717) is 0 Å². The second-order valence-electron chi connectivity index (χ2n) is 3.85.